The van der Waals surface area contributed by atoms with E-state index in [9.17, 15) is 4.79 Å². The molecule has 2 aliphatic rings. The molecule has 6 nitrogen and oxygen atoms in total. The number of likely N-dealkylation sites (tertiary alicyclic amines) is 2. The number of rotatable bonds is 4. The average Bonchev–Trinajstić information content (AvgIpc) is 3.37. The van der Waals surface area contributed by atoms with E-state index in [2.05, 4.69) is 15.3 Å². The van der Waals surface area contributed by atoms with E-state index in [-0.39, 0.29) is 6.03 Å². The van der Waals surface area contributed by atoms with Gasteiger partial charge in [0, 0.05) is 37.2 Å². The van der Waals surface area contributed by atoms with Crippen molar-refractivity contribution in [2.24, 2.45) is 0 Å². The fourth-order valence-corrected chi connectivity index (χ4v) is 4.02. The first kappa shape index (κ1) is 17.1. The van der Waals surface area contributed by atoms with Gasteiger partial charge < -0.3 is 15.1 Å². The number of anilines is 1. The molecule has 0 unspecified atom stereocenters. The second-order valence-corrected chi connectivity index (χ2v) is 7.29. The smallest absolute Gasteiger partial charge is 0.321 e. The lowest BCUT2D eigenvalue weighted by molar-refractivity contribution is 0.140. The molecule has 0 aliphatic carbocycles. The van der Waals surface area contributed by atoms with Gasteiger partial charge in [0.15, 0.2) is 0 Å². The van der Waals surface area contributed by atoms with Gasteiger partial charge in [-0.1, -0.05) is 12.1 Å². The molecule has 2 fully saturated rings. The normalized spacial score (nSPS) is 19.0. The van der Waals surface area contributed by atoms with Crippen LogP contribution in [0.3, 0.4) is 0 Å². The van der Waals surface area contributed by atoms with Crippen molar-refractivity contribution in [2.45, 2.75) is 38.3 Å². The molecule has 1 aromatic heterocycles. The van der Waals surface area contributed by atoms with Crippen LogP contribution in [0, 0.1) is 0 Å². The highest BCUT2D eigenvalue weighted by atomic mass is 16.2. The van der Waals surface area contributed by atoms with Crippen LogP contribution in [0.2, 0.25) is 0 Å². The van der Waals surface area contributed by atoms with Crippen LogP contribution >= 0.6 is 0 Å². The molecule has 138 valence electrons. The number of urea groups is 1. The van der Waals surface area contributed by atoms with Gasteiger partial charge in [-0.15, -0.1) is 0 Å². The molecule has 3 heterocycles. The Labute approximate surface area is 154 Å². The molecule has 1 aromatic carbocycles. The maximum atomic E-state index is 12.5. The minimum Gasteiger partial charge on any atom is -0.324 e. The molecule has 0 atom stereocenters. The van der Waals surface area contributed by atoms with Gasteiger partial charge in [-0.2, -0.15) is 5.10 Å². The number of nitrogens with zero attached hydrogens (tertiary/aromatic N) is 4. The Kier molecular flexibility index (Phi) is 5.20. The molecule has 2 aliphatic heterocycles. The first-order valence-electron chi connectivity index (χ1n) is 9.64. The highest BCUT2D eigenvalue weighted by Crippen LogP contribution is 2.21. The number of aromatic nitrogens is 2. The largest absolute Gasteiger partial charge is 0.324 e. The predicted molar refractivity (Wildman–Crippen MR) is 102 cm³/mol. The molecule has 0 bridgehead atoms. The van der Waals surface area contributed by atoms with E-state index < -0.39 is 0 Å². The minimum atomic E-state index is 0.0182. The fourth-order valence-electron chi connectivity index (χ4n) is 4.02. The van der Waals surface area contributed by atoms with E-state index in [0.29, 0.717) is 6.04 Å². The third-order valence-electron chi connectivity index (χ3n) is 5.52. The molecule has 2 amide bonds. The van der Waals surface area contributed by atoms with Crippen molar-refractivity contribution in [3.8, 4) is 0 Å². The zero-order chi connectivity index (χ0) is 17.8. The SMILES string of the molecule is O=C(Nc1ccc(Cn2cccn2)cc1)N1CCC(N2CCCC2)CC1. The lowest BCUT2D eigenvalue weighted by Crippen LogP contribution is -2.47. The lowest BCUT2D eigenvalue weighted by atomic mass is 10.0. The summed E-state index contributed by atoms with van der Waals surface area (Å²) in [6.07, 6.45) is 8.57. The number of carbonyl (C=O) groups excluding carboxylic acids is 1. The van der Waals surface area contributed by atoms with Gasteiger partial charge in [0.25, 0.3) is 0 Å². The number of carbonyl (C=O) groups is 1. The highest BCUT2D eigenvalue weighted by molar-refractivity contribution is 5.89. The van der Waals surface area contributed by atoms with Crippen molar-refractivity contribution < 1.29 is 4.79 Å². The summed E-state index contributed by atoms with van der Waals surface area (Å²) in [6.45, 7) is 4.92. The predicted octanol–water partition coefficient (Wildman–Crippen LogP) is 3.02. The Morgan fingerprint density at radius 2 is 1.81 bits per heavy atom. The standard InChI is InChI=1S/C20H27N5O/c26-20(24-14-8-19(9-15-24)23-11-1-2-12-23)22-18-6-4-17(5-7-18)16-25-13-3-10-21-25/h3-7,10,13,19H,1-2,8-9,11-12,14-16H2,(H,22,26). The molecule has 2 aromatic rings. The molecule has 0 radical (unpaired) electrons. The van der Waals surface area contributed by atoms with Crippen molar-refractivity contribution in [3.05, 3.63) is 48.3 Å². The highest BCUT2D eigenvalue weighted by Gasteiger charge is 2.28. The summed E-state index contributed by atoms with van der Waals surface area (Å²) in [5.41, 5.74) is 2.01. The summed E-state index contributed by atoms with van der Waals surface area (Å²) in [6, 6.07) is 10.6. The first-order valence-corrected chi connectivity index (χ1v) is 9.64. The summed E-state index contributed by atoms with van der Waals surface area (Å²) in [5.74, 6) is 0. The van der Waals surface area contributed by atoms with Gasteiger partial charge in [-0.05, 0) is 62.5 Å². The van der Waals surface area contributed by atoms with Crippen LogP contribution in [0.25, 0.3) is 0 Å². The Morgan fingerprint density at radius 1 is 1.08 bits per heavy atom. The molecule has 2 saturated heterocycles. The van der Waals surface area contributed by atoms with Crippen LogP contribution in [0.15, 0.2) is 42.7 Å². The van der Waals surface area contributed by atoms with Crippen molar-refractivity contribution in [1.82, 2.24) is 19.6 Å². The Hall–Kier alpha value is -2.34. The quantitative estimate of drug-likeness (QED) is 0.919. The van der Waals surface area contributed by atoms with Gasteiger partial charge in [-0.25, -0.2) is 4.79 Å². The summed E-state index contributed by atoms with van der Waals surface area (Å²) in [4.78, 5) is 17.1. The van der Waals surface area contributed by atoms with Gasteiger partial charge >= 0.3 is 6.03 Å². The fraction of sp³-hybridized carbons (Fsp3) is 0.500. The second-order valence-electron chi connectivity index (χ2n) is 7.29. The van der Waals surface area contributed by atoms with Crippen molar-refractivity contribution in [3.63, 3.8) is 0 Å². The Bertz CT molecular complexity index is 698. The van der Waals surface area contributed by atoms with Crippen molar-refractivity contribution in [2.75, 3.05) is 31.5 Å². The number of hydrogen-bond donors (Lipinski definition) is 1. The minimum absolute atomic E-state index is 0.0182. The lowest BCUT2D eigenvalue weighted by Gasteiger charge is -2.36. The number of piperidine rings is 1. The topological polar surface area (TPSA) is 53.4 Å². The van der Waals surface area contributed by atoms with E-state index in [0.717, 1.165) is 43.7 Å². The average molecular weight is 353 g/mol. The van der Waals surface area contributed by atoms with Crippen molar-refractivity contribution >= 4 is 11.7 Å². The molecule has 6 heteroatoms. The van der Waals surface area contributed by atoms with E-state index in [4.69, 9.17) is 0 Å². The number of nitrogens with one attached hydrogen (secondary N) is 1. The maximum absolute atomic E-state index is 12.5. The summed E-state index contributed by atoms with van der Waals surface area (Å²) in [7, 11) is 0. The molecule has 0 spiro atoms. The van der Waals surface area contributed by atoms with Gasteiger partial charge in [0.2, 0.25) is 0 Å². The summed E-state index contributed by atoms with van der Waals surface area (Å²) in [5, 5.41) is 7.25. The van der Waals surface area contributed by atoms with E-state index in [1.165, 1.54) is 25.9 Å². The zero-order valence-corrected chi connectivity index (χ0v) is 15.2. The molecule has 0 saturated carbocycles. The summed E-state index contributed by atoms with van der Waals surface area (Å²) >= 11 is 0. The van der Waals surface area contributed by atoms with E-state index >= 15 is 0 Å². The van der Waals surface area contributed by atoms with Crippen LogP contribution in [0.4, 0.5) is 10.5 Å². The molecule has 1 N–H and O–H groups in total. The van der Waals surface area contributed by atoms with Crippen LogP contribution in [-0.4, -0.2) is 57.8 Å². The second kappa shape index (κ2) is 7.91. The third-order valence-corrected chi connectivity index (χ3v) is 5.52. The molecular formula is C20H27N5O. The first-order chi connectivity index (χ1) is 12.8. The third kappa shape index (κ3) is 4.07. The van der Waals surface area contributed by atoms with Crippen LogP contribution in [0.5, 0.6) is 0 Å². The van der Waals surface area contributed by atoms with Crippen LogP contribution in [0.1, 0.15) is 31.2 Å². The van der Waals surface area contributed by atoms with E-state index in [1.54, 1.807) is 6.20 Å². The van der Waals surface area contributed by atoms with Crippen molar-refractivity contribution in [1.29, 1.82) is 0 Å². The van der Waals surface area contributed by atoms with E-state index in [1.807, 2.05) is 46.1 Å². The van der Waals surface area contributed by atoms with Gasteiger partial charge in [-0.3, -0.25) is 4.68 Å². The summed E-state index contributed by atoms with van der Waals surface area (Å²) < 4.78 is 1.89. The Balaban J connectivity index is 1.26. The number of benzene rings is 1. The molecular weight excluding hydrogens is 326 g/mol. The van der Waals surface area contributed by atoms with Gasteiger partial charge in [0.1, 0.15) is 0 Å². The maximum Gasteiger partial charge on any atom is 0.321 e. The zero-order valence-electron chi connectivity index (χ0n) is 15.2. The molecule has 26 heavy (non-hydrogen) atoms. The van der Waals surface area contributed by atoms with Gasteiger partial charge in [0.05, 0.1) is 6.54 Å². The Morgan fingerprint density at radius 3 is 2.46 bits per heavy atom. The van der Waals surface area contributed by atoms with Crippen LogP contribution in [-0.2, 0) is 6.54 Å². The monoisotopic (exact) mass is 353 g/mol. The number of hydrogen-bond acceptors (Lipinski definition) is 3. The molecule has 4 rings (SSSR count). The van der Waals surface area contributed by atoms with Crippen LogP contribution < -0.4 is 5.32 Å². The number of amides is 2.